The predicted octanol–water partition coefficient (Wildman–Crippen LogP) is 4.00. The number of benzene rings is 1. The lowest BCUT2D eigenvalue weighted by Crippen LogP contribution is -2.49. The number of nitrogens with zero attached hydrogens (tertiary/aromatic N) is 3. The Labute approximate surface area is 202 Å². The highest BCUT2D eigenvalue weighted by molar-refractivity contribution is 7.99. The number of H-pyrrole nitrogens is 1. The average molecular weight is 477 g/mol. The molecule has 3 aromatic rings. The fraction of sp³-hybridized carbons (Fsp3) is 0.417. The largest absolute Gasteiger partial charge is 0.363 e. The first-order chi connectivity index (χ1) is 16.6. The van der Waals surface area contributed by atoms with Gasteiger partial charge >= 0.3 is 0 Å². The van der Waals surface area contributed by atoms with E-state index in [0.29, 0.717) is 11.0 Å². The zero-order valence-corrected chi connectivity index (χ0v) is 19.6. The van der Waals surface area contributed by atoms with Gasteiger partial charge in [-0.1, -0.05) is 0 Å². The normalized spacial score (nSPS) is 23.5. The monoisotopic (exact) mass is 476 g/mol. The molecular weight excluding hydrogens is 448 g/mol. The summed E-state index contributed by atoms with van der Waals surface area (Å²) in [5, 5.41) is 21.2. The first-order valence-corrected chi connectivity index (χ1v) is 12.7. The van der Waals surface area contributed by atoms with Gasteiger partial charge in [0.2, 0.25) is 5.91 Å². The molecule has 2 aromatic heterocycles. The third-order valence-corrected chi connectivity index (χ3v) is 7.62. The third-order valence-electron chi connectivity index (χ3n) is 6.75. The first kappa shape index (κ1) is 21.4. The number of aromatic nitrogens is 4. The van der Waals surface area contributed by atoms with E-state index < -0.39 is 0 Å². The van der Waals surface area contributed by atoms with Crippen molar-refractivity contribution in [1.29, 1.82) is 0 Å². The maximum absolute atomic E-state index is 12.0. The van der Waals surface area contributed by atoms with E-state index in [9.17, 15) is 4.79 Å². The number of carbonyl (C=O) groups excluding carboxylic acids is 1. The van der Waals surface area contributed by atoms with Crippen LogP contribution >= 0.6 is 11.8 Å². The lowest BCUT2D eigenvalue weighted by molar-refractivity contribution is -0.117. The molecule has 2 saturated carbocycles. The molecule has 0 radical (unpaired) electrons. The number of piperidine rings is 1. The molecule has 9 nitrogen and oxygen atoms in total. The Morgan fingerprint density at radius 3 is 2.74 bits per heavy atom. The summed E-state index contributed by atoms with van der Waals surface area (Å²) in [7, 11) is 0. The van der Waals surface area contributed by atoms with Gasteiger partial charge in [-0.15, -0.1) is 0 Å². The van der Waals surface area contributed by atoms with Crippen molar-refractivity contribution in [3.8, 4) is 0 Å². The van der Waals surface area contributed by atoms with Crippen molar-refractivity contribution in [2.45, 2.75) is 47.7 Å². The summed E-state index contributed by atoms with van der Waals surface area (Å²) < 4.78 is 0. The lowest BCUT2D eigenvalue weighted by atomic mass is 9.92. The molecule has 2 bridgehead atoms. The number of rotatable bonds is 8. The fourth-order valence-electron chi connectivity index (χ4n) is 4.88. The summed E-state index contributed by atoms with van der Waals surface area (Å²) in [5.41, 5.74) is 0.866. The van der Waals surface area contributed by atoms with Crippen LogP contribution in [0.2, 0.25) is 0 Å². The van der Waals surface area contributed by atoms with Crippen LogP contribution in [0.3, 0.4) is 0 Å². The number of fused-ring (bicyclic) bond motifs is 2. The van der Waals surface area contributed by atoms with Crippen LogP contribution in [-0.4, -0.2) is 44.7 Å². The van der Waals surface area contributed by atoms with Crippen molar-refractivity contribution in [3.63, 3.8) is 0 Å². The van der Waals surface area contributed by atoms with Crippen LogP contribution in [0.25, 0.3) is 0 Å². The van der Waals surface area contributed by atoms with Gasteiger partial charge < -0.3 is 21.3 Å². The molecule has 3 aliphatic rings. The summed E-state index contributed by atoms with van der Waals surface area (Å²) in [5.74, 6) is 3.33. The Balaban J connectivity index is 1.22. The minimum Gasteiger partial charge on any atom is -0.363 e. The minimum atomic E-state index is 0.0475. The third kappa shape index (κ3) is 4.88. The molecular formula is C24H28N8OS. The van der Waals surface area contributed by atoms with E-state index in [1.165, 1.54) is 24.6 Å². The van der Waals surface area contributed by atoms with E-state index in [0.717, 1.165) is 60.5 Å². The molecule has 1 saturated heterocycles. The van der Waals surface area contributed by atoms with Crippen LogP contribution in [-0.2, 0) is 4.79 Å². The summed E-state index contributed by atoms with van der Waals surface area (Å²) in [4.78, 5) is 22.6. The number of anilines is 4. The number of nitrogens with one attached hydrogen (secondary N) is 5. The number of hydrogen-bond donors (Lipinski definition) is 5. The molecule has 3 fully saturated rings. The molecule has 1 unspecified atom stereocenters. The molecule has 6 rings (SSSR count). The number of carbonyl (C=O) groups is 1. The number of hydrogen-bond acceptors (Lipinski definition) is 8. The highest BCUT2D eigenvalue weighted by Crippen LogP contribution is 2.39. The fourth-order valence-corrected chi connectivity index (χ4v) is 5.65. The molecule has 10 heteroatoms. The number of aromatic amines is 1. The van der Waals surface area contributed by atoms with E-state index in [4.69, 9.17) is 9.97 Å². The quantitative estimate of drug-likeness (QED) is 0.310. The van der Waals surface area contributed by atoms with Gasteiger partial charge in [-0.3, -0.25) is 9.89 Å². The zero-order chi connectivity index (χ0) is 23.0. The van der Waals surface area contributed by atoms with Gasteiger partial charge in [0.1, 0.15) is 17.5 Å². The Bertz CT molecular complexity index is 1160. The molecule has 1 aliphatic heterocycles. The Morgan fingerprint density at radius 1 is 1.09 bits per heavy atom. The van der Waals surface area contributed by atoms with Gasteiger partial charge in [0.25, 0.3) is 0 Å². The highest BCUT2D eigenvalue weighted by Gasteiger charge is 2.42. The van der Waals surface area contributed by atoms with E-state index in [1.54, 1.807) is 6.20 Å². The van der Waals surface area contributed by atoms with Crippen LogP contribution in [0.5, 0.6) is 0 Å². The molecule has 34 heavy (non-hydrogen) atoms. The minimum absolute atomic E-state index is 0.0475. The maximum Gasteiger partial charge on any atom is 0.227 e. The molecule has 0 spiro atoms. The average Bonchev–Trinajstić information content (AvgIpc) is 3.49. The topological polar surface area (TPSA) is 120 Å². The second kappa shape index (κ2) is 8.92. The molecule has 1 aromatic carbocycles. The van der Waals surface area contributed by atoms with Gasteiger partial charge in [0.15, 0.2) is 5.16 Å². The zero-order valence-electron chi connectivity index (χ0n) is 18.8. The Kier molecular flexibility index (Phi) is 5.62. The van der Waals surface area contributed by atoms with Crippen LogP contribution in [0.4, 0.5) is 23.1 Å². The van der Waals surface area contributed by atoms with Crippen LogP contribution in [0.1, 0.15) is 32.1 Å². The van der Waals surface area contributed by atoms with E-state index >= 15 is 0 Å². The van der Waals surface area contributed by atoms with E-state index in [1.807, 2.05) is 36.4 Å². The van der Waals surface area contributed by atoms with E-state index in [2.05, 4.69) is 31.5 Å². The van der Waals surface area contributed by atoms with Crippen molar-refractivity contribution in [3.05, 3.63) is 42.6 Å². The van der Waals surface area contributed by atoms with Gasteiger partial charge in [0.05, 0.1) is 11.7 Å². The van der Waals surface area contributed by atoms with Gasteiger partial charge in [-0.2, -0.15) is 5.10 Å². The Hall–Kier alpha value is -3.11. The first-order valence-electron chi connectivity index (χ1n) is 11.9. The second-order valence-corrected chi connectivity index (χ2v) is 10.6. The molecule has 5 N–H and O–H groups in total. The lowest BCUT2D eigenvalue weighted by Gasteiger charge is -2.35. The van der Waals surface area contributed by atoms with Crippen molar-refractivity contribution < 1.29 is 4.79 Å². The molecule has 3 heterocycles. The smallest absolute Gasteiger partial charge is 0.227 e. The summed E-state index contributed by atoms with van der Waals surface area (Å²) >= 11 is 1.50. The SMILES string of the molecule is O=C(Nc1ccc(Sc2nc(Nc3ccn[nH]3)cc(N[C@]34CCC(CNC3)C4)n2)cc1)C1CC1. The van der Waals surface area contributed by atoms with Crippen LogP contribution in [0.15, 0.2) is 52.6 Å². The van der Waals surface area contributed by atoms with Crippen LogP contribution < -0.4 is 21.3 Å². The van der Waals surface area contributed by atoms with Crippen molar-refractivity contribution in [1.82, 2.24) is 25.5 Å². The number of amides is 1. The van der Waals surface area contributed by atoms with E-state index in [-0.39, 0.29) is 17.4 Å². The summed E-state index contributed by atoms with van der Waals surface area (Å²) in [6.07, 6.45) is 7.25. The highest BCUT2D eigenvalue weighted by atomic mass is 32.2. The molecule has 1 amide bonds. The molecule has 2 aliphatic carbocycles. The van der Waals surface area contributed by atoms with Crippen molar-refractivity contribution in [2.24, 2.45) is 11.8 Å². The van der Waals surface area contributed by atoms with Gasteiger partial charge in [-0.05, 0) is 80.6 Å². The summed E-state index contributed by atoms with van der Waals surface area (Å²) in [6.45, 7) is 2.06. The van der Waals surface area contributed by atoms with Crippen molar-refractivity contribution >= 4 is 40.8 Å². The molecule has 176 valence electrons. The Morgan fingerprint density at radius 2 is 1.94 bits per heavy atom. The van der Waals surface area contributed by atoms with Gasteiger partial charge in [0, 0.05) is 35.2 Å². The maximum atomic E-state index is 12.0. The predicted molar refractivity (Wildman–Crippen MR) is 132 cm³/mol. The van der Waals surface area contributed by atoms with Gasteiger partial charge in [-0.25, -0.2) is 9.97 Å². The van der Waals surface area contributed by atoms with Crippen molar-refractivity contribution in [2.75, 3.05) is 29.0 Å². The second-order valence-electron chi connectivity index (χ2n) is 9.55. The standard InChI is InChI=1S/C24H28N8OS/c33-22(16-1-2-16)27-17-3-5-18(6-4-17)34-23-29-20(28-19-8-10-26-32-19)11-21(30-23)31-24-9-7-15(12-24)13-25-14-24/h3-6,8,10-11,15-16,25H,1-2,7,9,12-14H2,(H,27,33)(H3,26,28,29,30,31,32)/t15?,24-/m0/s1. The molecule has 2 atom stereocenters. The summed E-state index contributed by atoms with van der Waals surface area (Å²) in [6, 6.07) is 11.7. The van der Waals surface area contributed by atoms with Crippen LogP contribution in [0, 0.1) is 11.8 Å².